The molecule has 5 amide bonds. The van der Waals surface area contributed by atoms with Gasteiger partial charge in [0, 0.05) is 19.3 Å². The Kier molecular flexibility index (Phi) is 8.75. The first-order valence-corrected chi connectivity index (χ1v) is 12.6. The number of likely N-dealkylation sites (N-methyl/N-ethyl adjacent to an activating group) is 1. The van der Waals surface area contributed by atoms with E-state index in [2.05, 4.69) is 16.0 Å². The van der Waals surface area contributed by atoms with Crippen molar-refractivity contribution in [1.82, 2.24) is 15.5 Å². The van der Waals surface area contributed by atoms with Crippen LogP contribution in [-0.4, -0.2) is 59.9 Å². The molecule has 206 valence electrons. The number of fused-ring (bicyclic) bond motifs is 1. The van der Waals surface area contributed by atoms with E-state index in [4.69, 9.17) is 0 Å². The lowest BCUT2D eigenvalue weighted by Gasteiger charge is -2.22. The summed E-state index contributed by atoms with van der Waals surface area (Å²) in [6, 6.07) is 21.3. The largest absolute Gasteiger partial charge is 0.481 e. The first-order chi connectivity index (χ1) is 19.2. The summed E-state index contributed by atoms with van der Waals surface area (Å²) in [6.07, 6.45) is -0.352. The van der Waals surface area contributed by atoms with Gasteiger partial charge in [0.1, 0.15) is 13.1 Å². The molecule has 11 heteroatoms. The Bertz CT molecular complexity index is 1410. The summed E-state index contributed by atoms with van der Waals surface area (Å²) in [5.41, 5.74) is 2.31. The van der Waals surface area contributed by atoms with Crippen LogP contribution in [0.4, 0.5) is 16.2 Å². The predicted octanol–water partition coefficient (Wildman–Crippen LogP) is 2.76. The second-order valence-corrected chi connectivity index (χ2v) is 9.27. The molecule has 0 bridgehead atoms. The minimum atomic E-state index is -1.10. The van der Waals surface area contributed by atoms with Crippen LogP contribution in [0.25, 0.3) is 0 Å². The molecule has 0 saturated carbocycles. The van der Waals surface area contributed by atoms with E-state index in [1.807, 2.05) is 30.3 Å². The van der Waals surface area contributed by atoms with Gasteiger partial charge >= 0.3 is 12.0 Å². The fourth-order valence-corrected chi connectivity index (χ4v) is 4.33. The zero-order valence-corrected chi connectivity index (χ0v) is 21.8. The molecular formula is C29H29N5O6. The number of carbonyl (C=O) groups is 5. The maximum Gasteiger partial charge on any atom is 0.319 e. The number of rotatable bonds is 9. The van der Waals surface area contributed by atoms with Crippen LogP contribution in [0.5, 0.6) is 0 Å². The minimum absolute atomic E-state index is 0.132. The van der Waals surface area contributed by atoms with E-state index in [-0.39, 0.29) is 18.5 Å². The van der Waals surface area contributed by atoms with Crippen molar-refractivity contribution in [2.24, 2.45) is 0 Å². The Morgan fingerprint density at radius 3 is 2.30 bits per heavy atom. The first-order valence-electron chi connectivity index (χ1n) is 12.6. The van der Waals surface area contributed by atoms with Crippen LogP contribution < -0.4 is 20.9 Å². The fraction of sp³-hybridized carbons (Fsp3) is 0.207. The molecule has 11 nitrogen and oxygen atoms in total. The quantitative estimate of drug-likeness (QED) is 0.326. The van der Waals surface area contributed by atoms with E-state index < -0.39 is 42.3 Å². The molecule has 40 heavy (non-hydrogen) atoms. The van der Waals surface area contributed by atoms with Crippen LogP contribution in [0.2, 0.25) is 0 Å². The van der Waals surface area contributed by atoms with E-state index in [0.717, 1.165) is 10.5 Å². The fourth-order valence-electron chi connectivity index (χ4n) is 4.33. The highest BCUT2D eigenvalue weighted by molar-refractivity contribution is 6.11. The van der Waals surface area contributed by atoms with Gasteiger partial charge in [-0.05, 0) is 29.3 Å². The molecular weight excluding hydrogens is 514 g/mol. The minimum Gasteiger partial charge on any atom is -0.481 e. The SMILES string of the molecule is CN1C(=O)CN(CC(=O)N[C@@H](CC(=O)O)c2ccccc2)C(=O)c2cc(NC(=O)NCc3ccccc3)ccc21. The number of carboxylic acid groups (broad SMARTS) is 1. The molecule has 0 fully saturated rings. The smallest absolute Gasteiger partial charge is 0.319 e. The van der Waals surface area contributed by atoms with Gasteiger partial charge in [0.2, 0.25) is 11.8 Å². The molecule has 4 N–H and O–H groups in total. The topological polar surface area (TPSA) is 148 Å². The Morgan fingerprint density at radius 1 is 0.950 bits per heavy atom. The summed E-state index contributed by atoms with van der Waals surface area (Å²) in [7, 11) is 1.52. The second-order valence-electron chi connectivity index (χ2n) is 9.27. The number of nitrogens with one attached hydrogen (secondary N) is 3. The van der Waals surface area contributed by atoms with Crippen molar-refractivity contribution < 1.29 is 29.1 Å². The monoisotopic (exact) mass is 543 g/mol. The third kappa shape index (κ3) is 7.01. The molecule has 1 heterocycles. The molecule has 0 aliphatic carbocycles. The van der Waals surface area contributed by atoms with Gasteiger partial charge < -0.3 is 30.9 Å². The molecule has 0 unspecified atom stereocenters. The Hall–Kier alpha value is -5.19. The van der Waals surface area contributed by atoms with E-state index >= 15 is 0 Å². The van der Waals surface area contributed by atoms with Crippen molar-refractivity contribution in [2.75, 3.05) is 30.4 Å². The lowest BCUT2D eigenvalue weighted by molar-refractivity contribution is -0.137. The summed E-state index contributed by atoms with van der Waals surface area (Å²) < 4.78 is 0. The maximum atomic E-state index is 13.5. The summed E-state index contributed by atoms with van der Waals surface area (Å²) >= 11 is 0. The van der Waals surface area contributed by atoms with Gasteiger partial charge in [-0.3, -0.25) is 19.2 Å². The van der Waals surface area contributed by atoms with Gasteiger partial charge in [0.25, 0.3) is 5.91 Å². The van der Waals surface area contributed by atoms with Gasteiger partial charge in [-0.15, -0.1) is 0 Å². The van der Waals surface area contributed by atoms with Gasteiger partial charge in [-0.25, -0.2) is 4.79 Å². The Balaban J connectivity index is 1.48. The molecule has 0 aromatic heterocycles. The van der Waals surface area contributed by atoms with Crippen molar-refractivity contribution in [3.8, 4) is 0 Å². The van der Waals surface area contributed by atoms with Crippen LogP contribution in [0.15, 0.2) is 78.9 Å². The molecule has 0 saturated heterocycles. The number of amides is 5. The number of urea groups is 1. The van der Waals surface area contributed by atoms with E-state index in [1.165, 1.54) is 18.0 Å². The molecule has 1 atom stereocenters. The average molecular weight is 544 g/mol. The number of carbonyl (C=O) groups excluding carboxylic acids is 4. The Labute approximate surface area is 230 Å². The standard InChI is InChI=1S/C29H29N5O6/c1-33-24-13-12-21(31-29(40)30-16-19-8-4-2-5-9-19)14-22(24)28(39)34(18-26(33)36)17-25(35)32-23(15-27(37)38)20-10-6-3-7-11-20/h2-14,23H,15-18H2,1H3,(H,32,35)(H,37,38)(H2,30,31,40)/t23-/m0/s1. The van der Waals surface area contributed by atoms with Gasteiger partial charge in [0.05, 0.1) is 23.7 Å². The first kappa shape index (κ1) is 27.8. The number of aliphatic carboxylic acids is 1. The molecule has 0 spiro atoms. The van der Waals surface area contributed by atoms with Gasteiger partial charge in [-0.2, -0.15) is 0 Å². The number of hydrogen-bond acceptors (Lipinski definition) is 5. The van der Waals surface area contributed by atoms with Crippen molar-refractivity contribution in [3.05, 3.63) is 95.6 Å². The number of hydrogen-bond donors (Lipinski definition) is 4. The molecule has 1 aliphatic heterocycles. The molecule has 3 aromatic carbocycles. The van der Waals surface area contributed by atoms with Crippen molar-refractivity contribution in [1.29, 1.82) is 0 Å². The Morgan fingerprint density at radius 2 is 1.62 bits per heavy atom. The third-order valence-corrected chi connectivity index (χ3v) is 6.38. The molecule has 3 aromatic rings. The van der Waals surface area contributed by atoms with E-state index in [1.54, 1.807) is 42.5 Å². The number of nitrogens with zero attached hydrogens (tertiary/aromatic N) is 2. The summed E-state index contributed by atoms with van der Waals surface area (Å²) in [5.74, 6) is -2.70. The van der Waals surface area contributed by atoms with Crippen molar-refractivity contribution in [3.63, 3.8) is 0 Å². The summed E-state index contributed by atoms with van der Waals surface area (Å²) in [4.78, 5) is 65.5. The molecule has 0 radical (unpaired) electrons. The molecule has 1 aliphatic rings. The highest BCUT2D eigenvalue weighted by Gasteiger charge is 2.32. The predicted molar refractivity (Wildman–Crippen MR) is 148 cm³/mol. The normalized spacial score (nSPS) is 13.6. The zero-order valence-electron chi connectivity index (χ0n) is 21.8. The zero-order chi connectivity index (χ0) is 28.6. The van der Waals surface area contributed by atoms with Gasteiger partial charge in [0.15, 0.2) is 0 Å². The highest BCUT2D eigenvalue weighted by atomic mass is 16.4. The van der Waals surface area contributed by atoms with E-state index in [0.29, 0.717) is 23.5 Å². The van der Waals surface area contributed by atoms with Crippen LogP contribution in [0.3, 0.4) is 0 Å². The van der Waals surface area contributed by atoms with Crippen molar-refractivity contribution >= 4 is 41.1 Å². The third-order valence-electron chi connectivity index (χ3n) is 6.38. The second kappa shape index (κ2) is 12.6. The molecule has 4 rings (SSSR count). The van der Waals surface area contributed by atoms with Crippen LogP contribution in [0, 0.1) is 0 Å². The highest BCUT2D eigenvalue weighted by Crippen LogP contribution is 2.28. The lowest BCUT2D eigenvalue weighted by Crippen LogP contribution is -2.44. The number of benzene rings is 3. The van der Waals surface area contributed by atoms with Crippen LogP contribution in [0.1, 0.15) is 33.9 Å². The summed E-state index contributed by atoms with van der Waals surface area (Å²) in [5, 5.41) is 17.4. The van der Waals surface area contributed by atoms with E-state index in [9.17, 15) is 29.1 Å². The maximum absolute atomic E-state index is 13.5. The number of anilines is 2. The van der Waals surface area contributed by atoms with Crippen LogP contribution >= 0.6 is 0 Å². The van der Waals surface area contributed by atoms with Crippen molar-refractivity contribution in [2.45, 2.75) is 19.0 Å². The lowest BCUT2D eigenvalue weighted by atomic mass is 10.0. The average Bonchev–Trinajstić information content (AvgIpc) is 3.02. The van der Waals surface area contributed by atoms with Gasteiger partial charge in [-0.1, -0.05) is 60.7 Å². The summed E-state index contributed by atoms with van der Waals surface area (Å²) in [6.45, 7) is -0.509. The van der Waals surface area contributed by atoms with Crippen LogP contribution in [-0.2, 0) is 20.9 Å². The number of carboxylic acids is 1.